The number of aliphatic hydroxyl groups excluding tert-OH is 1. The second kappa shape index (κ2) is 9.40. The Bertz CT molecular complexity index is 1280. The standard InChI is InChI=1S/C27H29F3N2O2.C2H7N/c1-25-13-22(27(28,29)30)21-11-18-10-19(33)5-4-15(18)8-9-26(21,34)24(25)7-6-20(25)16-2-3-17-14-31-32-23(17)12-16;1-3-2/h2-3,6,11-12,14-15,19,24,33-34H,4-5,7-10,13H2,1H3,(H,31,32);3H,1-2H3/t15?,19?,24?,25?,26-;/m1./s1. The highest BCUT2D eigenvalue weighted by Crippen LogP contribution is 2.64. The van der Waals surface area contributed by atoms with Crippen molar-refractivity contribution < 1.29 is 23.4 Å². The van der Waals surface area contributed by atoms with Crippen LogP contribution in [0.15, 0.2) is 53.3 Å². The first-order valence-electron chi connectivity index (χ1n) is 13.2. The number of fused-ring (bicyclic) bond motifs is 5. The first-order valence-corrected chi connectivity index (χ1v) is 13.2. The van der Waals surface area contributed by atoms with Crippen LogP contribution in [0.2, 0.25) is 0 Å². The van der Waals surface area contributed by atoms with Crippen molar-refractivity contribution in [1.29, 1.82) is 0 Å². The van der Waals surface area contributed by atoms with E-state index in [1.165, 1.54) is 0 Å². The maximum atomic E-state index is 14.6. The average molecular weight is 516 g/mol. The molecule has 8 heteroatoms. The molecule has 1 aromatic carbocycles. The lowest BCUT2D eigenvalue weighted by atomic mass is 9.56. The van der Waals surface area contributed by atoms with Crippen LogP contribution in [0.4, 0.5) is 13.2 Å². The summed E-state index contributed by atoms with van der Waals surface area (Å²) in [6.07, 6.45) is 3.46. The molecule has 0 aliphatic heterocycles. The van der Waals surface area contributed by atoms with Crippen LogP contribution < -0.4 is 5.32 Å². The fourth-order valence-electron chi connectivity index (χ4n) is 7.30. The Morgan fingerprint density at radius 1 is 1.16 bits per heavy atom. The van der Waals surface area contributed by atoms with Crippen LogP contribution in [0.25, 0.3) is 16.5 Å². The molecular weight excluding hydrogens is 479 g/mol. The summed E-state index contributed by atoms with van der Waals surface area (Å²) in [5, 5.41) is 33.0. The number of halogens is 3. The van der Waals surface area contributed by atoms with Crippen LogP contribution in [-0.4, -0.2) is 52.4 Å². The Morgan fingerprint density at radius 2 is 1.92 bits per heavy atom. The number of alkyl halides is 3. The number of hydrogen-bond donors (Lipinski definition) is 4. The molecule has 1 heterocycles. The van der Waals surface area contributed by atoms with Gasteiger partial charge in [-0.1, -0.05) is 36.8 Å². The van der Waals surface area contributed by atoms with Gasteiger partial charge in [-0.2, -0.15) is 18.3 Å². The van der Waals surface area contributed by atoms with Crippen LogP contribution in [0.3, 0.4) is 0 Å². The molecule has 1 saturated carbocycles. The summed E-state index contributed by atoms with van der Waals surface area (Å²) in [6.45, 7) is 1.89. The zero-order valence-corrected chi connectivity index (χ0v) is 21.6. The maximum Gasteiger partial charge on any atom is 0.413 e. The average Bonchev–Trinajstić information content (AvgIpc) is 3.40. The quantitative estimate of drug-likeness (QED) is 0.394. The van der Waals surface area contributed by atoms with Gasteiger partial charge in [-0.25, -0.2) is 0 Å². The molecule has 4 unspecified atom stereocenters. The predicted molar refractivity (Wildman–Crippen MR) is 139 cm³/mol. The van der Waals surface area contributed by atoms with Gasteiger partial charge in [0.05, 0.1) is 23.4 Å². The Kier molecular flexibility index (Phi) is 6.66. The monoisotopic (exact) mass is 515 g/mol. The summed E-state index contributed by atoms with van der Waals surface area (Å²) in [4.78, 5) is 0. The Balaban J connectivity index is 0.000000892. The van der Waals surface area contributed by atoms with E-state index in [0.29, 0.717) is 32.1 Å². The molecule has 1 fully saturated rings. The summed E-state index contributed by atoms with van der Waals surface area (Å²) in [5.74, 6) is -0.210. The van der Waals surface area contributed by atoms with Gasteiger partial charge in [-0.05, 0) is 87.7 Å². The third kappa shape index (κ3) is 4.37. The molecule has 1 aromatic heterocycles. The molecule has 4 aliphatic rings. The van der Waals surface area contributed by atoms with Gasteiger partial charge in [0.25, 0.3) is 0 Å². The highest BCUT2D eigenvalue weighted by molar-refractivity contribution is 5.85. The third-order valence-electron chi connectivity index (χ3n) is 9.00. The number of hydrogen-bond acceptors (Lipinski definition) is 4. The molecular formula is C29H36F3N3O2. The fourth-order valence-corrected chi connectivity index (χ4v) is 7.30. The second-order valence-corrected chi connectivity index (χ2v) is 11.4. The molecule has 4 aliphatic carbocycles. The van der Waals surface area contributed by atoms with Crippen molar-refractivity contribution in [3.05, 3.63) is 58.8 Å². The Labute approximate surface area is 215 Å². The van der Waals surface area contributed by atoms with E-state index < -0.39 is 28.9 Å². The van der Waals surface area contributed by atoms with Gasteiger partial charge in [-0.15, -0.1) is 0 Å². The maximum absolute atomic E-state index is 14.6. The molecule has 5 atom stereocenters. The highest BCUT2D eigenvalue weighted by Gasteiger charge is 2.60. The fraction of sp³-hybridized carbons (Fsp3) is 0.552. The number of rotatable bonds is 1. The second-order valence-electron chi connectivity index (χ2n) is 11.4. The smallest absolute Gasteiger partial charge is 0.393 e. The molecule has 2 aromatic rings. The van der Waals surface area contributed by atoms with Gasteiger partial charge in [0.1, 0.15) is 0 Å². The van der Waals surface area contributed by atoms with Gasteiger partial charge >= 0.3 is 6.18 Å². The van der Waals surface area contributed by atoms with Crippen molar-refractivity contribution in [3.63, 3.8) is 0 Å². The van der Waals surface area contributed by atoms with E-state index in [9.17, 15) is 23.4 Å². The molecule has 0 spiro atoms. The van der Waals surface area contributed by atoms with Crippen molar-refractivity contribution >= 4 is 16.5 Å². The summed E-state index contributed by atoms with van der Waals surface area (Å²) < 4.78 is 43.7. The van der Waals surface area contributed by atoms with Gasteiger partial charge < -0.3 is 15.5 Å². The SMILES string of the molecule is CC12CC(C(F)(F)F)=C3C=C4CC(O)CCC4CC[C@]3(O)C1CC=C2c1ccc2cn[nH]c2c1.CNC. The van der Waals surface area contributed by atoms with Crippen LogP contribution >= 0.6 is 0 Å². The number of H-pyrrole nitrogens is 1. The van der Waals surface area contributed by atoms with Crippen molar-refractivity contribution in [1.82, 2.24) is 15.5 Å². The number of aliphatic hydroxyl groups is 2. The van der Waals surface area contributed by atoms with Crippen molar-refractivity contribution in [2.75, 3.05) is 14.1 Å². The molecule has 0 saturated heterocycles. The number of aromatic amines is 1. The minimum Gasteiger partial charge on any atom is -0.393 e. The van der Waals surface area contributed by atoms with Gasteiger partial charge in [-0.3, -0.25) is 5.10 Å². The highest BCUT2D eigenvalue weighted by atomic mass is 19.4. The van der Waals surface area contributed by atoms with Crippen molar-refractivity contribution in [2.45, 2.75) is 69.8 Å². The number of nitrogens with one attached hydrogen (secondary N) is 2. The summed E-state index contributed by atoms with van der Waals surface area (Å²) >= 11 is 0. The van der Waals surface area contributed by atoms with Gasteiger partial charge in [0.2, 0.25) is 0 Å². The van der Waals surface area contributed by atoms with E-state index in [-0.39, 0.29) is 23.8 Å². The molecule has 0 radical (unpaired) electrons. The van der Waals surface area contributed by atoms with E-state index in [1.807, 2.05) is 45.3 Å². The zero-order valence-electron chi connectivity index (χ0n) is 21.6. The number of allylic oxidation sites excluding steroid dienone is 3. The van der Waals surface area contributed by atoms with Crippen molar-refractivity contribution in [3.8, 4) is 0 Å². The Morgan fingerprint density at radius 3 is 2.65 bits per heavy atom. The van der Waals surface area contributed by atoms with E-state index in [2.05, 4.69) is 15.5 Å². The largest absolute Gasteiger partial charge is 0.413 e. The first-order chi connectivity index (χ1) is 17.5. The van der Waals surface area contributed by atoms with Gasteiger partial charge in [0, 0.05) is 22.3 Å². The van der Waals surface area contributed by atoms with Crippen molar-refractivity contribution in [2.24, 2.45) is 17.3 Å². The van der Waals surface area contributed by atoms with E-state index in [0.717, 1.165) is 34.0 Å². The van der Waals surface area contributed by atoms with Crippen LogP contribution in [0.5, 0.6) is 0 Å². The lowest BCUT2D eigenvalue weighted by molar-refractivity contribution is -0.113. The molecule has 5 nitrogen and oxygen atoms in total. The molecule has 0 bridgehead atoms. The number of nitrogens with zero attached hydrogens (tertiary/aromatic N) is 1. The zero-order chi connectivity index (χ0) is 26.6. The molecule has 4 N–H and O–H groups in total. The van der Waals surface area contributed by atoms with Crippen LogP contribution in [-0.2, 0) is 0 Å². The molecule has 0 amide bonds. The summed E-state index contributed by atoms with van der Waals surface area (Å²) in [7, 11) is 3.75. The third-order valence-corrected chi connectivity index (χ3v) is 9.00. The predicted octanol–water partition coefficient (Wildman–Crippen LogP) is 5.68. The molecule has 200 valence electrons. The number of benzene rings is 1. The lowest BCUT2D eigenvalue weighted by Crippen LogP contribution is -2.51. The topological polar surface area (TPSA) is 81.2 Å². The molecule has 37 heavy (non-hydrogen) atoms. The molecule has 6 rings (SSSR count). The van der Waals surface area contributed by atoms with E-state index in [1.54, 1.807) is 12.3 Å². The minimum absolute atomic E-state index is 0.0488. The summed E-state index contributed by atoms with van der Waals surface area (Å²) in [6, 6.07) is 5.82. The summed E-state index contributed by atoms with van der Waals surface area (Å²) in [5.41, 5.74) is 0.491. The van der Waals surface area contributed by atoms with Crippen LogP contribution in [0, 0.1) is 17.3 Å². The minimum atomic E-state index is -4.54. The van der Waals surface area contributed by atoms with Crippen LogP contribution in [0.1, 0.15) is 57.4 Å². The van der Waals surface area contributed by atoms with E-state index in [4.69, 9.17) is 0 Å². The lowest BCUT2D eigenvalue weighted by Gasteiger charge is -2.50. The number of aromatic nitrogens is 2. The Hall–Kier alpha value is -2.42. The van der Waals surface area contributed by atoms with Gasteiger partial charge in [0.15, 0.2) is 0 Å². The van der Waals surface area contributed by atoms with E-state index >= 15 is 0 Å². The normalized spacial score (nSPS) is 33.5. The first kappa shape index (κ1) is 26.2.